The lowest BCUT2D eigenvalue weighted by Crippen LogP contribution is -2.44. The maximum absolute atomic E-state index is 13.9. The molecule has 0 bridgehead atoms. The molecule has 0 radical (unpaired) electrons. The Bertz CT molecular complexity index is 1230. The van der Waals surface area contributed by atoms with Crippen molar-refractivity contribution in [3.63, 3.8) is 0 Å². The fourth-order valence-corrected chi connectivity index (χ4v) is 4.35. The largest absolute Gasteiger partial charge is 0.489 e. The number of halogens is 2. The molecular formula is C24H16ClFN2O3S2. The van der Waals surface area contributed by atoms with Crippen molar-refractivity contribution in [1.29, 1.82) is 0 Å². The van der Waals surface area contributed by atoms with Crippen molar-refractivity contribution < 1.29 is 18.7 Å². The van der Waals surface area contributed by atoms with Crippen LogP contribution in [0.1, 0.15) is 21.5 Å². The third-order valence-electron chi connectivity index (χ3n) is 4.67. The fraction of sp³-hybridized carbons (Fsp3) is 0.0417. The lowest BCUT2D eigenvalue weighted by atomic mass is 10.2. The standard InChI is InChI=1S/C24H16ClFN2O3S2/c25-19-7-4-8-20(26)18(19)14-31-17-11-9-15(10-12-17)13-21-23(30)28(24(32)33-21)27-22(29)16-5-2-1-3-6-16/h1-13H,14H2,(H,27,29)/b21-13+. The van der Waals surface area contributed by atoms with Gasteiger partial charge in [-0.1, -0.05) is 59.8 Å². The lowest BCUT2D eigenvalue weighted by Gasteiger charge is -2.15. The number of hydrogen-bond donors (Lipinski definition) is 1. The van der Waals surface area contributed by atoms with Crippen LogP contribution < -0.4 is 10.2 Å². The number of hydrazine groups is 1. The first-order chi connectivity index (χ1) is 15.9. The molecule has 3 aromatic carbocycles. The van der Waals surface area contributed by atoms with E-state index in [1.165, 1.54) is 12.1 Å². The number of rotatable bonds is 6. The number of thioether (sulfide) groups is 1. The summed E-state index contributed by atoms with van der Waals surface area (Å²) < 4.78 is 19.7. The van der Waals surface area contributed by atoms with Gasteiger partial charge in [0.05, 0.1) is 9.93 Å². The van der Waals surface area contributed by atoms with Gasteiger partial charge >= 0.3 is 0 Å². The van der Waals surface area contributed by atoms with Crippen molar-refractivity contribution in [2.75, 3.05) is 0 Å². The van der Waals surface area contributed by atoms with Gasteiger partial charge in [-0.25, -0.2) is 4.39 Å². The average molecular weight is 499 g/mol. The van der Waals surface area contributed by atoms with E-state index in [4.69, 9.17) is 28.6 Å². The maximum atomic E-state index is 13.9. The number of ether oxygens (including phenoxy) is 1. The summed E-state index contributed by atoms with van der Waals surface area (Å²) in [5, 5.41) is 1.37. The number of thiocarbonyl (C=S) groups is 1. The number of amides is 2. The molecule has 9 heteroatoms. The first kappa shape index (κ1) is 23.0. The van der Waals surface area contributed by atoms with Crippen LogP contribution in [-0.4, -0.2) is 21.1 Å². The number of nitrogens with one attached hydrogen (secondary N) is 1. The Morgan fingerprint density at radius 2 is 1.82 bits per heavy atom. The lowest BCUT2D eigenvalue weighted by molar-refractivity contribution is -0.123. The van der Waals surface area contributed by atoms with Crippen LogP contribution in [0.4, 0.5) is 4.39 Å². The normalized spacial score (nSPS) is 14.6. The van der Waals surface area contributed by atoms with Crippen LogP contribution in [0.3, 0.4) is 0 Å². The van der Waals surface area contributed by atoms with Crippen molar-refractivity contribution in [2.24, 2.45) is 0 Å². The van der Waals surface area contributed by atoms with Crippen LogP contribution in [0, 0.1) is 5.82 Å². The molecule has 2 amide bonds. The summed E-state index contributed by atoms with van der Waals surface area (Å²) in [6, 6.07) is 19.9. The highest BCUT2D eigenvalue weighted by atomic mass is 35.5. The minimum Gasteiger partial charge on any atom is -0.489 e. The molecule has 0 spiro atoms. The molecule has 1 saturated heterocycles. The van der Waals surface area contributed by atoms with Gasteiger partial charge in [-0.3, -0.25) is 15.0 Å². The third kappa shape index (κ3) is 5.42. The number of hydrogen-bond acceptors (Lipinski definition) is 5. The highest BCUT2D eigenvalue weighted by molar-refractivity contribution is 8.26. The first-order valence-electron chi connectivity index (χ1n) is 9.72. The van der Waals surface area contributed by atoms with E-state index in [9.17, 15) is 14.0 Å². The molecule has 166 valence electrons. The summed E-state index contributed by atoms with van der Waals surface area (Å²) >= 11 is 12.4. The van der Waals surface area contributed by atoms with Gasteiger partial charge in [0.25, 0.3) is 11.8 Å². The van der Waals surface area contributed by atoms with E-state index in [1.807, 2.05) is 0 Å². The summed E-state index contributed by atoms with van der Waals surface area (Å²) in [6.07, 6.45) is 1.67. The minimum absolute atomic E-state index is 0.00930. The SMILES string of the molecule is O=C(NN1C(=O)/C(=C\c2ccc(OCc3c(F)cccc3Cl)cc2)SC1=S)c1ccccc1. The van der Waals surface area contributed by atoms with E-state index < -0.39 is 17.6 Å². The molecule has 1 aliphatic rings. The second kappa shape index (κ2) is 10.2. The van der Waals surface area contributed by atoms with Gasteiger partial charge in [0, 0.05) is 11.1 Å². The maximum Gasteiger partial charge on any atom is 0.285 e. The smallest absolute Gasteiger partial charge is 0.285 e. The van der Waals surface area contributed by atoms with Crippen molar-refractivity contribution in [3.8, 4) is 5.75 Å². The van der Waals surface area contributed by atoms with Crippen LogP contribution in [0.2, 0.25) is 5.02 Å². The molecule has 4 rings (SSSR count). The number of carbonyl (C=O) groups excluding carboxylic acids is 2. The van der Waals surface area contributed by atoms with Crippen LogP contribution >= 0.6 is 35.6 Å². The molecule has 33 heavy (non-hydrogen) atoms. The van der Waals surface area contributed by atoms with Crippen molar-refractivity contribution in [1.82, 2.24) is 10.4 Å². The molecule has 3 aromatic rings. The molecule has 0 aliphatic carbocycles. The molecule has 1 N–H and O–H groups in total. The van der Waals surface area contributed by atoms with Crippen molar-refractivity contribution in [2.45, 2.75) is 6.61 Å². The Balaban J connectivity index is 1.41. The van der Waals surface area contributed by atoms with Crippen molar-refractivity contribution in [3.05, 3.63) is 105 Å². The van der Waals surface area contributed by atoms with E-state index in [2.05, 4.69) is 5.43 Å². The van der Waals surface area contributed by atoms with Gasteiger partial charge in [0.2, 0.25) is 0 Å². The van der Waals surface area contributed by atoms with Gasteiger partial charge < -0.3 is 4.74 Å². The van der Waals surface area contributed by atoms with E-state index in [0.29, 0.717) is 21.2 Å². The van der Waals surface area contributed by atoms with Gasteiger partial charge in [-0.2, -0.15) is 5.01 Å². The van der Waals surface area contributed by atoms with E-state index >= 15 is 0 Å². The second-order valence-electron chi connectivity index (χ2n) is 6.88. The highest BCUT2D eigenvalue weighted by Crippen LogP contribution is 2.32. The molecule has 1 fully saturated rings. The van der Waals surface area contributed by atoms with Crippen LogP contribution in [0.15, 0.2) is 77.7 Å². The van der Waals surface area contributed by atoms with Crippen LogP contribution in [0.25, 0.3) is 6.08 Å². The summed E-state index contributed by atoms with van der Waals surface area (Å²) in [7, 11) is 0. The predicted molar refractivity (Wildman–Crippen MR) is 131 cm³/mol. The number of nitrogens with zero attached hydrogens (tertiary/aromatic N) is 1. The third-order valence-corrected chi connectivity index (χ3v) is 6.32. The van der Waals surface area contributed by atoms with Gasteiger partial charge in [0.1, 0.15) is 18.2 Å². The van der Waals surface area contributed by atoms with Crippen LogP contribution in [0.5, 0.6) is 5.75 Å². The molecular weight excluding hydrogens is 483 g/mol. The van der Waals surface area contributed by atoms with Crippen molar-refractivity contribution >= 4 is 57.8 Å². The highest BCUT2D eigenvalue weighted by Gasteiger charge is 2.33. The number of benzene rings is 3. The quantitative estimate of drug-likeness (QED) is 0.354. The topological polar surface area (TPSA) is 58.6 Å². The molecule has 0 saturated carbocycles. The predicted octanol–water partition coefficient (Wildman–Crippen LogP) is 5.60. The second-order valence-corrected chi connectivity index (χ2v) is 8.96. The molecule has 1 heterocycles. The van der Waals surface area contributed by atoms with Gasteiger partial charge in [-0.05, 0) is 60.3 Å². The van der Waals surface area contributed by atoms with Gasteiger partial charge in [-0.15, -0.1) is 0 Å². The summed E-state index contributed by atoms with van der Waals surface area (Å²) in [5.74, 6) is -0.747. The summed E-state index contributed by atoms with van der Waals surface area (Å²) in [4.78, 5) is 25.5. The van der Waals surface area contributed by atoms with E-state index in [1.54, 1.807) is 66.7 Å². The zero-order valence-corrected chi connectivity index (χ0v) is 19.3. The Kier molecular flexibility index (Phi) is 7.08. The average Bonchev–Trinajstić information content (AvgIpc) is 3.07. The summed E-state index contributed by atoms with van der Waals surface area (Å²) in [6.45, 7) is -0.00930. The Labute approximate surface area is 204 Å². The zero-order valence-electron chi connectivity index (χ0n) is 17.0. The van der Waals surface area contributed by atoms with E-state index in [-0.39, 0.29) is 16.5 Å². The Morgan fingerprint density at radius 3 is 2.52 bits per heavy atom. The monoisotopic (exact) mass is 498 g/mol. The minimum atomic E-state index is -0.430. The molecule has 0 atom stereocenters. The number of carbonyl (C=O) groups is 2. The fourth-order valence-electron chi connectivity index (χ4n) is 2.96. The molecule has 0 unspecified atom stereocenters. The van der Waals surface area contributed by atoms with Gasteiger partial charge in [0.15, 0.2) is 4.32 Å². The van der Waals surface area contributed by atoms with E-state index in [0.717, 1.165) is 22.3 Å². The Hall–Kier alpha value is -3.20. The molecule has 1 aliphatic heterocycles. The molecule has 0 aromatic heterocycles. The first-order valence-corrected chi connectivity index (χ1v) is 11.3. The zero-order chi connectivity index (χ0) is 23.4. The molecule has 5 nitrogen and oxygen atoms in total. The Morgan fingerprint density at radius 1 is 1.09 bits per heavy atom. The summed E-state index contributed by atoms with van der Waals surface area (Å²) in [5.41, 5.74) is 3.98. The van der Waals surface area contributed by atoms with Crippen LogP contribution in [-0.2, 0) is 11.4 Å².